The molecule has 2 aliphatic rings. The van der Waals surface area contributed by atoms with Crippen molar-refractivity contribution >= 4 is 17.6 Å². The smallest absolute Gasteiger partial charge is 0.325 e. The molecule has 1 aromatic carbocycles. The summed E-state index contributed by atoms with van der Waals surface area (Å²) in [5.74, 6) is -2.34. The second kappa shape index (κ2) is 12.0. The van der Waals surface area contributed by atoms with Crippen molar-refractivity contribution in [2.45, 2.75) is 129 Å². The van der Waals surface area contributed by atoms with E-state index in [1.54, 1.807) is 41.5 Å². The Labute approximate surface area is 230 Å². The maximum Gasteiger partial charge on any atom is 0.325 e. The molecule has 1 N–H and O–H groups in total. The Hall–Kier alpha value is -2.12. The Morgan fingerprint density at radius 2 is 1.47 bits per heavy atom. The van der Waals surface area contributed by atoms with Gasteiger partial charge in [-0.3, -0.25) is 14.5 Å². The molecular formula is C31H50N2O5. The van der Waals surface area contributed by atoms with E-state index >= 15 is 0 Å². The zero-order valence-corrected chi connectivity index (χ0v) is 25.1. The minimum atomic E-state index is -1.16. The van der Waals surface area contributed by atoms with E-state index in [0.29, 0.717) is 11.7 Å². The summed E-state index contributed by atoms with van der Waals surface area (Å²) in [6.07, 6.45) is 6.96. The molecule has 0 amide bonds. The second-order valence-electron chi connectivity index (χ2n) is 13.4. The number of carbonyl (C=O) groups excluding carboxylic acids is 2. The Morgan fingerprint density at radius 1 is 0.947 bits per heavy atom. The molecule has 0 bridgehead atoms. The molecule has 1 heterocycles. The normalized spacial score (nSPS) is 23.8. The van der Waals surface area contributed by atoms with Gasteiger partial charge < -0.3 is 19.5 Å². The van der Waals surface area contributed by atoms with E-state index in [9.17, 15) is 9.59 Å². The largest absolute Gasteiger partial charge is 0.459 e. The molecule has 1 saturated carbocycles. The first-order valence-corrected chi connectivity index (χ1v) is 14.2. The van der Waals surface area contributed by atoms with E-state index in [1.165, 1.54) is 12.8 Å². The number of anilines is 1. The van der Waals surface area contributed by atoms with Crippen molar-refractivity contribution in [3.05, 3.63) is 29.3 Å². The van der Waals surface area contributed by atoms with Gasteiger partial charge >= 0.3 is 11.9 Å². The molecule has 7 nitrogen and oxygen atoms in total. The number of likely N-dealkylation sites (tertiary alicyclic amines) is 1. The maximum atomic E-state index is 13.3. The van der Waals surface area contributed by atoms with Gasteiger partial charge in [0.2, 0.25) is 0 Å². The number of piperidine rings is 1. The number of benzene rings is 1. The number of methoxy groups -OCH3 is 1. The Kier molecular flexibility index (Phi) is 9.57. The van der Waals surface area contributed by atoms with Crippen molar-refractivity contribution in [3.8, 4) is 0 Å². The molecular weight excluding hydrogens is 480 g/mol. The van der Waals surface area contributed by atoms with Crippen molar-refractivity contribution < 1.29 is 23.8 Å². The number of aryl methyl sites for hydroxylation is 1. The number of hydrogen-bond donors (Lipinski definition) is 1. The van der Waals surface area contributed by atoms with Crippen molar-refractivity contribution in [2.75, 3.05) is 25.5 Å². The Morgan fingerprint density at radius 3 is 1.95 bits per heavy atom. The van der Waals surface area contributed by atoms with Gasteiger partial charge in [-0.2, -0.15) is 0 Å². The Bertz CT molecular complexity index is 933. The number of nitrogens with zero attached hydrogens (tertiary/aromatic N) is 1. The highest BCUT2D eigenvalue weighted by atomic mass is 16.6. The SMILES string of the molecule is CO[C@H]1CC[C@](C)(N2CCC(Nc3cc(C)ccc3C(C(=O)OC(C)(C)C)C(=O)OC(C)(C)C)CC2)CC1. The number of esters is 2. The summed E-state index contributed by atoms with van der Waals surface area (Å²) in [7, 11) is 1.82. The van der Waals surface area contributed by atoms with Gasteiger partial charge in [0, 0.05) is 43.0 Å². The highest BCUT2D eigenvalue weighted by molar-refractivity contribution is 6.02. The van der Waals surface area contributed by atoms with Crippen LogP contribution in [0.25, 0.3) is 0 Å². The second-order valence-corrected chi connectivity index (χ2v) is 13.4. The lowest BCUT2D eigenvalue weighted by molar-refractivity contribution is -0.169. The van der Waals surface area contributed by atoms with Crippen LogP contribution in [0, 0.1) is 6.92 Å². The van der Waals surface area contributed by atoms with Crippen LogP contribution in [0.5, 0.6) is 0 Å². The van der Waals surface area contributed by atoms with Gasteiger partial charge in [-0.15, -0.1) is 0 Å². The summed E-state index contributed by atoms with van der Waals surface area (Å²) in [6.45, 7) is 17.3. The highest BCUT2D eigenvalue weighted by Crippen LogP contribution is 2.37. The van der Waals surface area contributed by atoms with E-state index in [1.807, 2.05) is 32.2 Å². The van der Waals surface area contributed by atoms with E-state index in [2.05, 4.69) is 17.1 Å². The summed E-state index contributed by atoms with van der Waals surface area (Å²) < 4.78 is 17.0. The first-order valence-electron chi connectivity index (χ1n) is 14.2. The summed E-state index contributed by atoms with van der Waals surface area (Å²) in [6, 6.07) is 6.07. The van der Waals surface area contributed by atoms with Gasteiger partial charge in [0.1, 0.15) is 11.2 Å². The van der Waals surface area contributed by atoms with Crippen LogP contribution in [-0.2, 0) is 23.8 Å². The molecule has 1 aromatic rings. The lowest BCUT2D eigenvalue weighted by Crippen LogP contribution is -2.53. The standard InChI is InChI=1S/C31H50N2O5/c1-21-10-11-24(26(27(34)37-29(2,3)4)28(35)38-30(5,6)7)25(20-21)32-22-14-18-33(19-15-22)31(8)16-12-23(36-9)13-17-31/h10-11,20,22-23,26,32H,12-19H2,1-9H3/t23-,31-. The van der Waals surface area contributed by atoms with Gasteiger partial charge in [0.25, 0.3) is 0 Å². The van der Waals surface area contributed by atoms with Crippen molar-refractivity contribution in [2.24, 2.45) is 0 Å². The van der Waals surface area contributed by atoms with Crippen LogP contribution < -0.4 is 5.32 Å². The van der Waals surface area contributed by atoms with Crippen molar-refractivity contribution in [3.63, 3.8) is 0 Å². The summed E-state index contributed by atoms with van der Waals surface area (Å²) in [5.41, 5.74) is 1.25. The third-order valence-corrected chi connectivity index (χ3v) is 7.77. The Balaban J connectivity index is 1.78. The highest BCUT2D eigenvalue weighted by Gasteiger charge is 2.40. The minimum absolute atomic E-state index is 0.229. The number of carbonyl (C=O) groups is 2. The molecule has 2 fully saturated rings. The van der Waals surface area contributed by atoms with Crippen LogP contribution in [0.3, 0.4) is 0 Å². The van der Waals surface area contributed by atoms with E-state index < -0.39 is 29.1 Å². The molecule has 7 heteroatoms. The lowest BCUT2D eigenvalue weighted by atomic mass is 9.79. The van der Waals surface area contributed by atoms with Gasteiger partial charge in [-0.05, 0) is 106 Å². The molecule has 0 aromatic heterocycles. The van der Waals surface area contributed by atoms with Crippen LogP contribution in [0.1, 0.15) is 104 Å². The van der Waals surface area contributed by atoms with E-state index in [0.717, 1.165) is 50.0 Å². The lowest BCUT2D eigenvalue weighted by Gasteiger charge is -2.48. The maximum absolute atomic E-state index is 13.3. The molecule has 3 rings (SSSR count). The van der Waals surface area contributed by atoms with Gasteiger partial charge in [0.15, 0.2) is 5.92 Å². The predicted octanol–water partition coefficient (Wildman–Crippen LogP) is 5.99. The number of nitrogens with one attached hydrogen (secondary N) is 1. The molecule has 1 aliphatic heterocycles. The fourth-order valence-corrected chi connectivity index (χ4v) is 5.67. The van der Waals surface area contributed by atoms with Crippen molar-refractivity contribution in [1.82, 2.24) is 4.90 Å². The van der Waals surface area contributed by atoms with Crippen LogP contribution in [0.15, 0.2) is 18.2 Å². The van der Waals surface area contributed by atoms with E-state index in [4.69, 9.17) is 14.2 Å². The number of hydrogen-bond acceptors (Lipinski definition) is 7. The third kappa shape index (κ3) is 8.19. The van der Waals surface area contributed by atoms with Gasteiger partial charge in [-0.1, -0.05) is 12.1 Å². The molecule has 0 atom stereocenters. The average molecular weight is 531 g/mol. The number of rotatable bonds is 7. The van der Waals surface area contributed by atoms with Crippen LogP contribution in [0.4, 0.5) is 5.69 Å². The van der Waals surface area contributed by atoms with Crippen LogP contribution in [0.2, 0.25) is 0 Å². The van der Waals surface area contributed by atoms with Crippen LogP contribution >= 0.6 is 0 Å². The zero-order chi connectivity index (χ0) is 28.3. The summed E-state index contributed by atoms with van der Waals surface area (Å²) >= 11 is 0. The fraction of sp³-hybridized carbons (Fsp3) is 0.742. The quantitative estimate of drug-likeness (QED) is 0.343. The van der Waals surface area contributed by atoms with Gasteiger partial charge in [0.05, 0.1) is 6.10 Å². The number of ether oxygens (including phenoxy) is 3. The van der Waals surface area contributed by atoms with Gasteiger partial charge in [-0.25, -0.2) is 0 Å². The predicted molar refractivity (Wildman–Crippen MR) is 151 cm³/mol. The average Bonchev–Trinajstić information content (AvgIpc) is 2.79. The molecule has 1 saturated heterocycles. The van der Waals surface area contributed by atoms with E-state index in [-0.39, 0.29) is 11.6 Å². The molecule has 1 aliphatic carbocycles. The summed E-state index contributed by atoms with van der Waals surface area (Å²) in [4.78, 5) is 29.3. The van der Waals surface area contributed by atoms with Crippen LogP contribution in [-0.4, -0.2) is 65.9 Å². The zero-order valence-electron chi connectivity index (χ0n) is 25.1. The first kappa shape index (κ1) is 30.4. The molecule has 0 unspecified atom stereocenters. The third-order valence-electron chi connectivity index (χ3n) is 7.77. The fourth-order valence-electron chi connectivity index (χ4n) is 5.67. The minimum Gasteiger partial charge on any atom is -0.459 e. The molecule has 0 radical (unpaired) electrons. The topological polar surface area (TPSA) is 77.1 Å². The monoisotopic (exact) mass is 530 g/mol. The molecule has 0 spiro atoms. The van der Waals surface area contributed by atoms with Crippen molar-refractivity contribution in [1.29, 1.82) is 0 Å². The summed E-state index contributed by atoms with van der Waals surface area (Å²) in [5, 5.41) is 3.70. The first-order chi connectivity index (χ1) is 17.6. The molecule has 38 heavy (non-hydrogen) atoms. The molecule has 214 valence electrons.